The molecule has 2 aliphatic rings. The van der Waals surface area contributed by atoms with Gasteiger partial charge in [-0.25, -0.2) is 0 Å². The summed E-state index contributed by atoms with van der Waals surface area (Å²) >= 11 is 3.83. The van der Waals surface area contributed by atoms with Gasteiger partial charge in [0.1, 0.15) is 0 Å². The Kier molecular flexibility index (Phi) is 4.34. The number of hydrogen-bond acceptors (Lipinski definition) is 0. The number of rotatable bonds is 3. The predicted molar refractivity (Wildman–Crippen MR) is 65.9 cm³/mol. The second kappa shape index (κ2) is 5.53. The largest absolute Gasteiger partial charge is 0.0888 e. The van der Waals surface area contributed by atoms with E-state index in [0.29, 0.717) is 0 Å². The molecule has 0 aromatic rings. The molecule has 0 bridgehead atoms. The third-order valence-corrected chi connectivity index (χ3v) is 5.44. The molecule has 2 saturated carbocycles. The van der Waals surface area contributed by atoms with Crippen LogP contribution in [0.3, 0.4) is 0 Å². The highest BCUT2D eigenvalue weighted by Crippen LogP contribution is 2.37. The second-order valence-electron chi connectivity index (χ2n) is 5.29. The summed E-state index contributed by atoms with van der Waals surface area (Å²) in [6.45, 7) is 0. The van der Waals surface area contributed by atoms with Crippen LogP contribution in [0.15, 0.2) is 0 Å². The summed E-state index contributed by atoms with van der Waals surface area (Å²) in [7, 11) is 0. The highest BCUT2D eigenvalue weighted by Gasteiger charge is 2.25. The summed E-state index contributed by atoms with van der Waals surface area (Å²) in [4.78, 5) is 0.853. The molecule has 2 unspecified atom stereocenters. The van der Waals surface area contributed by atoms with Crippen LogP contribution in [-0.2, 0) is 0 Å². The van der Waals surface area contributed by atoms with Gasteiger partial charge in [-0.2, -0.15) is 0 Å². The molecule has 0 spiro atoms. The minimum atomic E-state index is 0.853. The molecule has 2 aliphatic carbocycles. The summed E-state index contributed by atoms with van der Waals surface area (Å²) in [6.07, 6.45) is 15.0. The van der Waals surface area contributed by atoms with Crippen LogP contribution in [-0.4, -0.2) is 4.83 Å². The van der Waals surface area contributed by atoms with Crippen LogP contribution >= 0.6 is 15.9 Å². The zero-order valence-corrected chi connectivity index (χ0v) is 10.8. The fourth-order valence-corrected chi connectivity index (χ4v) is 4.09. The maximum absolute atomic E-state index is 3.83. The van der Waals surface area contributed by atoms with E-state index < -0.39 is 0 Å². The fourth-order valence-electron chi connectivity index (χ4n) is 3.24. The highest BCUT2D eigenvalue weighted by atomic mass is 79.9. The van der Waals surface area contributed by atoms with E-state index in [-0.39, 0.29) is 0 Å². The van der Waals surface area contributed by atoms with Crippen molar-refractivity contribution in [2.45, 2.75) is 69.0 Å². The van der Waals surface area contributed by atoms with E-state index in [4.69, 9.17) is 0 Å². The molecule has 2 rings (SSSR count). The Labute approximate surface area is 97.0 Å². The zero-order valence-electron chi connectivity index (χ0n) is 9.18. The second-order valence-corrected chi connectivity index (χ2v) is 6.46. The Morgan fingerprint density at radius 2 is 1.57 bits per heavy atom. The minimum absolute atomic E-state index is 0.853. The maximum Gasteiger partial charge on any atom is 0.0174 e. The Bertz CT molecular complexity index is 161. The Morgan fingerprint density at radius 3 is 2.21 bits per heavy atom. The minimum Gasteiger partial charge on any atom is -0.0888 e. The first-order valence-corrected chi connectivity index (χ1v) is 7.42. The SMILES string of the molecule is BrC1CCCC1CCC1CCCCC1. The standard InChI is InChI=1S/C13H23Br/c14-13-8-4-7-12(13)10-9-11-5-2-1-3-6-11/h11-13H,1-10H2. The number of halogens is 1. The van der Waals surface area contributed by atoms with Gasteiger partial charge in [0.15, 0.2) is 0 Å². The van der Waals surface area contributed by atoms with Gasteiger partial charge in [-0.15, -0.1) is 0 Å². The Morgan fingerprint density at radius 1 is 0.786 bits per heavy atom. The molecule has 0 aromatic heterocycles. The first kappa shape index (κ1) is 11.0. The molecule has 0 saturated heterocycles. The van der Waals surface area contributed by atoms with Crippen molar-refractivity contribution in [2.24, 2.45) is 11.8 Å². The van der Waals surface area contributed by atoms with Crippen LogP contribution < -0.4 is 0 Å². The van der Waals surface area contributed by atoms with Crippen LogP contribution in [0, 0.1) is 11.8 Å². The van der Waals surface area contributed by atoms with Gasteiger partial charge in [0.2, 0.25) is 0 Å². The first-order chi connectivity index (χ1) is 6.86. The molecule has 0 nitrogen and oxygen atoms in total. The van der Waals surface area contributed by atoms with Gasteiger partial charge in [0.05, 0.1) is 0 Å². The van der Waals surface area contributed by atoms with Gasteiger partial charge in [-0.1, -0.05) is 60.9 Å². The van der Waals surface area contributed by atoms with Gasteiger partial charge < -0.3 is 0 Å². The Balaban J connectivity index is 1.65. The van der Waals surface area contributed by atoms with E-state index >= 15 is 0 Å². The van der Waals surface area contributed by atoms with Gasteiger partial charge in [0, 0.05) is 4.83 Å². The first-order valence-electron chi connectivity index (χ1n) is 6.50. The molecule has 0 radical (unpaired) electrons. The van der Waals surface area contributed by atoms with Crippen molar-refractivity contribution in [1.29, 1.82) is 0 Å². The molecule has 0 heterocycles. The lowest BCUT2D eigenvalue weighted by molar-refractivity contribution is 0.310. The molecule has 1 heteroatoms. The maximum atomic E-state index is 3.83. The van der Waals surface area contributed by atoms with Crippen LogP contribution in [0.1, 0.15) is 64.2 Å². The molecule has 0 N–H and O–H groups in total. The third-order valence-electron chi connectivity index (χ3n) is 4.24. The quantitative estimate of drug-likeness (QED) is 0.632. The smallest absolute Gasteiger partial charge is 0.0174 e. The molecule has 2 fully saturated rings. The van der Waals surface area contributed by atoms with Crippen LogP contribution in [0.4, 0.5) is 0 Å². The normalized spacial score (nSPS) is 34.9. The number of hydrogen-bond donors (Lipinski definition) is 0. The van der Waals surface area contributed by atoms with Crippen molar-refractivity contribution >= 4 is 15.9 Å². The van der Waals surface area contributed by atoms with Gasteiger partial charge >= 0.3 is 0 Å². The van der Waals surface area contributed by atoms with Crippen molar-refractivity contribution in [3.63, 3.8) is 0 Å². The fraction of sp³-hybridized carbons (Fsp3) is 1.00. The summed E-state index contributed by atoms with van der Waals surface area (Å²) < 4.78 is 0. The summed E-state index contributed by atoms with van der Waals surface area (Å²) in [5.41, 5.74) is 0. The lowest BCUT2D eigenvalue weighted by Gasteiger charge is -2.23. The molecule has 0 aromatic carbocycles. The van der Waals surface area contributed by atoms with Gasteiger partial charge in [0.25, 0.3) is 0 Å². The van der Waals surface area contributed by atoms with E-state index in [2.05, 4.69) is 15.9 Å². The van der Waals surface area contributed by atoms with Crippen LogP contribution in [0.2, 0.25) is 0 Å². The third kappa shape index (κ3) is 2.98. The van der Waals surface area contributed by atoms with E-state index in [9.17, 15) is 0 Å². The Hall–Kier alpha value is 0.480. The summed E-state index contributed by atoms with van der Waals surface area (Å²) in [6, 6.07) is 0. The summed E-state index contributed by atoms with van der Waals surface area (Å²) in [5, 5.41) is 0. The van der Waals surface area contributed by atoms with E-state index in [1.54, 1.807) is 0 Å². The monoisotopic (exact) mass is 258 g/mol. The average Bonchev–Trinajstić information content (AvgIpc) is 2.63. The molecule has 2 atom stereocenters. The summed E-state index contributed by atoms with van der Waals surface area (Å²) in [5.74, 6) is 2.10. The van der Waals surface area contributed by atoms with Crippen molar-refractivity contribution in [1.82, 2.24) is 0 Å². The van der Waals surface area contributed by atoms with Crippen molar-refractivity contribution in [3.8, 4) is 0 Å². The molecule has 0 aliphatic heterocycles. The predicted octanol–water partition coefficient (Wildman–Crippen LogP) is 4.91. The van der Waals surface area contributed by atoms with Gasteiger partial charge in [-0.3, -0.25) is 0 Å². The van der Waals surface area contributed by atoms with E-state index in [1.165, 1.54) is 64.2 Å². The van der Waals surface area contributed by atoms with Crippen molar-refractivity contribution in [2.75, 3.05) is 0 Å². The van der Waals surface area contributed by atoms with Crippen LogP contribution in [0.25, 0.3) is 0 Å². The van der Waals surface area contributed by atoms with E-state index in [1.807, 2.05) is 0 Å². The van der Waals surface area contributed by atoms with Crippen LogP contribution in [0.5, 0.6) is 0 Å². The van der Waals surface area contributed by atoms with Crippen molar-refractivity contribution < 1.29 is 0 Å². The molecule has 14 heavy (non-hydrogen) atoms. The van der Waals surface area contributed by atoms with Crippen molar-refractivity contribution in [3.05, 3.63) is 0 Å². The lowest BCUT2D eigenvalue weighted by atomic mass is 9.84. The zero-order chi connectivity index (χ0) is 9.80. The molecular formula is C13H23Br. The topological polar surface area (TPSA) is 0 Å². The molecular weight excluding hydrogens is 236 g/mol. The molecule has 82 valence electrons. The highest BCUT2D eigenvalue weighted by molar-refractivity contribution is 9.09. The number of alkyl halides is 1. The molecule has 0 amide bonds. The lowest BCUT2D eigenvalue weighted by Crippen LogP contribution is -2.11. The average molecular weight is 259 g/mol. The van der Waals surface area contributed by atoms with Gasteiger partial charge in [-0.05, 0) is 31.1 Å². The van der Waals surface area contributed by atoms with E-state index in [0.717, 1.165) is 16.7 Å².